The van der Waals surface area contributed by atoms with E-state index in [-0.39, 0.29) is 24.4 Å². The zero-order valence-corrected chi connectivity index (χ0v) is 19.2. The number of benzene rings is 1. The highest BCUT2D eigenvalue weighted by molar-refractivity contribution is 6.00. The molecule has 2 amide bonds. The number of aryl methyl sites for hydroxylation is 1. The minimum atomic E-state index is -0.756. The number of carbonyl (C=O) groups excluding carboxylic acids is 2. The number of aliphatic carboxylic acids is 1. The second-order valence-electron chi connectivity index (χ2n) is 8.77. The lowest BCUT2D eigenvalue weighted by molar-refractivity contribution is -0.137. The van der Waals surface area contributed by atoms with E-state index >= 15 is 0 Å². The van der Waals surface area contributed by atoms with Crippen molar-refractivity contribution in [3.63, 3.8) is 0 Å². The van der Waals surface area contributed by atoms with E-state index in [2.05, 4.69) is 27.0 Å². The molecule has 1 unspecified atom stereocenters. The van der Waals surface area contributed by atoms with Gasteiger partial charge in [0.05, 0.1) is 23.1 Å². The van der Waals surface area contributed by atoms with Crippen molar-refractivity contribution in [2.75, 3.05) is 39.3 Å². The Bertz CT molecular complexity index is 1230. The molecule has 3 heterocycles. The molecule has 2 fully saturated rings. The number of carboxylic acid groups (broad SMARTS) is 1. The summed E-state index contributed by atoms with van der Waals surface area (Å²) in [4.78, 5) is 52.1. The van der Waals surface area contributed by atoms with Gasteiger partial charge in [-0.15, -0.1) is 0 Å². The largest absolute Gasteiger partial charge is 0.481 e. The third-order valence-electron chi connectivity index (χ3n) is 6.48. The number of carbonyl (C=O) groups is 3. The Morgan fingerprint density at radius 2 is 1.88 bits per heavy atom. The Kier molecular flexibility index (Phi) is 7.14. The Morgan fingerprint density at radius 3 is 2.59 bits per heavy atom. The van der Waals surface area contributed by atoms with Crippen LogP contribution in [0.5, 0.6) is 0 Å². The molecule has 2 aliphatic rings. The molecular weight excluding hydrogens is 438 g/mol. The van der Waals surface area contributed by atoms with Crippen molar-refractivity contribution in [3.05, 3.63) is 34.2 Å². The molecule has 4 rings (SSSR count). The van der Waals surface area contributed by atoms with Gasteiger partial charge < -0.3 is 10.0 Å². The van der Waals surface area contributed by atoms with Crippen molar-refractivity contribution < 1.29 is 19.5 Å². The minimum Gasteiger partial charge on any atom is -0.481 e. The standard InChI is InChI=1S/C24H29N5O5/c1-26-22-17(6-3-11-27-13-15-28(16-14-27)12-4-8-21(31)32)5-2-7-18(22)29(24(26)34)19-9-10-20(30)25-23(19)33/h2,5,7,19H,4,8-16H2,1H3,(H,31,32)(H,25,30,33). The first-order chi connectivity index (χ1) is 16.3. The van der Waals surface area contributed by atoms with Crippen molar-refractivity contribution in [3.8, 4) is 11.8 Å². The minimum absolute atomic E-state index is 0.199. The summed E-state index contributed by atoms with van der Waals surface area (Å²) in [7, 11) is 1.67. The Labute approximate surface area is 197 Å². The predicted molar refractivity (Wildman–Crippen MR) is 125 cm³/mol. The normalized spacial score (nSPS) is 19.6. The fraction of sp³-hybridized carbons (Fsp3) is 0.500. The van der Waals surface area contributed by atoms with Gasteiger partial charge in [-0.05, 0) is 31.5 Å². The van der Waals surface area contributed by atoms with E-state index < -0.39 is 17.9 Å². The van der Waals surface area contributed by atoms with E-state index in [9.17, 15) is 19.2 Å². The zero-order valence-electron chi connectivity index (χ0n) is 19.2. The Balaban J connectivity index is 1.45. The number of hydrogen-bond donors (Lipinski definition) is 2. The summed E-state index contributed by atoms with van der Waals surface area (Å²) in [5.41, 5.74) is 1.71. The molecule has 2 aliphatic heterocycles. The number of amides is 2. The van der Waals surface area contributed by atoms with Gasteiger partial charge in [-0.2, -0.15) is 0 Å². The average Bonchev–Trinajstić information content (AvgIpc) is 3.06. The lowest BCUT2D eigenvalue weighted by atomic mass is 10.1. The number of fused-ring (bicyclic) bond motifs is 1. The summed E-state index contributed by atoms with van der Waals surface area (Å²) in [5.74, 6) is 4.89. The molecule has 2 N–H and O–H groups in total. The molecule has 0 spiro atoms. The van der Waals surface area contributed by atoms with Crippen LogP contribution in [0.1, 0.15) is 37.3 Å². The molecular formula is C24H29N5O5. The maximum Gasteiger partial charge on any atom is 0.329 e. The van der Waals surface area contributed by atoms with E-state index in [4.69, 9.17) is 5.11 Å². The highest BCUT2D eigenvalue weighted by Gasteiger charge is 2.31. The Morgan fingerprint density at radius 1 is 1.15 bits per heavy atom. The topological polar surface area (TPSA) is 117 Å². The van der Waals surface area contributed by atoms with Gasteiger partial charge in [0.1, 0.15) is 6.04 Å². The third-order valence-corrected chi connectivity index (χ3v) is 6.48. The quantitative estimate of drug-likeness (QED) is 0.459. The lowest BCUT2D eigenvalue weighted by Crippen LogP contribution is -2.46. The number of imidazole rings is 1. The van der Waals surface area contributed by atoms with Crippen LogP contribution in [-0.2, 0) is 21.4 Å². The van der Waals surface area contributed by atoms with Gasteiger partial charge in [-0.25, -0.2) is 4.79 Å². The molecule has 0 radical (unpaired) electrons. The maximum absolute atomic E-state index is 13.0. The van der Waals surface area contributed by atoms with Gasteiger partial charge in [0, 0.05) is 46.1 Å². The van der Waals surface area contributed by atoms with E-state index in [1.54, 1.807) is 13.1 Å². The fourth-order valence-corrected chi connectivity index (χ4v) is 4.64. The summed E-state index contributed by atoms with van der Waals surface area (Å²) in [5, 5.41) is 11.1. The molecule has 0 saturated carbocycles. The Hall–Kier alpha value is -3.42. The number of hydrogen-bond acceptors (Lipinski definition) is 6. The number of rotatable bonds is 6. The van der Waals surface area contributed by atoms with Crippen LogP contribution in [0, 0.1) is 11.8 Å². The van der Waals surface area contributed by atoms with Crippen LogP contribution in [0.15, 0.2) is 23.0 Å². The van der Waals surface area contributed by atoms with E-state index in [0.29, 0.717) is 30.4 Å². The summed E-state index contributed by atoms with van der Waals surface area (Å²) in [6, 6.07) is 4.77. The number of aromatic nitrogens is 2. The number of para-hydroxylation sites is 1. The van der Waals surface area contributed by atoms with Crippen molar-refractivity contribution in [2.24, 2.45) is 7.05 Å². The summed E-state index contributed by atoms with van der Waals surface area (Å²) < 4.78 is 2.98. The van der Waals surface area contributed by atoms with Gasteiger partial charge in [0.2, 0.25) is 11.8 Å². The summed E-state index contributed by atoms with van der Waals surface area (Å²) in [6.07, 6.45) is 1.36. The van der Waals surface area contributed by atoms with Crippen LogP contribution in [0.2, 0.25) is 0 Å². The van der Waals surface area contributed by atoms with Crippen molar-refractivity contribution >= 4 is 28.8 Å². The maximum atomic E-state index is 13.0. The van der Waals surface area contributed by atoms with Crippen molar-refractivity contribution in [2.45, 2.75) is 31.7 Å². The predicted octanol–water partition coefficient (Wildman–Crippen LogP) is 0.152. The fourth-order valence-electron chi connectivity index (χ4n) is 4.64. The third kappa shape index (κ3) is 5.05. The number of piperazine rings is 1. The molecule has 0 aliphatic carbocycles. The number of nitrogens with one attached hydrogen (secondary N) is 1. The first-order valence-corrected chi connectivity index (χ1v) is 11.5. The van der Waals surface area contributed by atoms with Gasteiger partial charge in [0.25, 0.3) is 0 Å². The van der Waals surface area contributed by atoms with Crippen LogP contribution in [0.25, 0.3) is 11.0 Å². The van der Waals surface area contributed by atoms with Gasteiger partial charge >= 0.3 is 11.7 Å². The van der Waals surface area contributed by atoms with Crippen LogP contribution in [-0.4, -0.2) is 81.1 Å². The molecule has 1 aromatic heterocycles. The zero-order chi connectivity index (χ0) is 24.2. The second kappa shape index (κ2) is 10.2. The smallest absolute Gasteiger partial charge is 0.329 e. The molecule has 180 valence electrons. The summed E-state index contributed by atoms with van der Waals surface area (Å²) in [6.45, 7) is 4.92. The van der Waals surface area contributed by atoms with Crippen LogP contribution >= 0.6 is 0 Å². The molecule has 10 heteroatoms. The molecule has 1 aromatic carbocycles. The first kappa shape index (κ1) is 23.7. The molecule has 2 saturated heterocycles. The monoisotopic (exact) mass is 467 g/mol. The molecule has 2 aromatic rings. The first-order valence-electron chi connectivity index (χ1n) is 11.5. The van der Waals surface area contributed by atoms with Gasteiger partial charge in [-0.1, -0.05) is 17.9 Å². The number of carboxylic acids is 1. The van der Waals surface area contributed by atoms with Gasteiger partial charge in [-0.3, -0.25) is 33.7 Å². The SMILES string of the molecule is Cn1c(=O)n(C2CCC(=O)NC2=O)c2cccc(C#CCN3CCN(CCCC(=O)O)CC3)c21. The van der Waals surface area contributed by atoms with Gasteiger partial charge in [0.15, 0.2) is 0 Å². The highest BCUT2D eigenvalue weighted by Crippen LogP contribution is 2.24. The molecule has 34 heavy (non-hydrogen) atoms. The summed E-state index contributed by atoms with van der Waals surface area (Å²) >= 11 is 0. The molecule has 10 nitrogen and oxygen atoms in total. The van der Waals surface area contributed by atoms with Crippen LogP contribution < -0.4 is 11.0 Å². The lowest BCUT2D eigenvalue weighted by Gasteiger charge is -2.33. The van der Waals surface area contributed by atoms with Crippen LogP contribution in [0.4, 0.5) is 0 Å². The average molecular weight is 468 g/mol. The molecule has 1 atom stereocenters. The van der Waals surface area contributed by atoms with E-state index in [1.807, 2.05) is 12.1 Å². The molecule has 0 bridgehead atoms. The number of nitrogens with zero attached hydrogens (tertiary/aromatic N) is 4. The number of piperidine rings is 1. The van der Waals surface area contributed by atoms with Crippen LogP contribution in [0.3, 0.4) is 0 Å². The van der Waals surface area contributed by atoms with Crippen molar-refractivity contribution in [1.29, 1.82) is 0 Å². The van der Waals surface area contributed by atoms with E-state index in [0.717, 1.165) is 38.3 Å². The number of imide groups is 1. The van der Waals surface area contributed by atoms with Crippen molar-refractivity contribution in [1.82, 2.24) is 24.3 Å². The highest BCUT2D eigenvalue weighted by atomic mass is 16.4. The van der Waals surface area contributed by atoms with E-state index in [1.165, 1.54) is 9.13 Å². The second-order valence-corrected chi connectivity index (χ2v) is 8.77.